The van der Waals surface area contributed by atoms with Crippen LogP contribution in [-0.2, 0) is 10.0 Å². The quantitative estimate of drug-likeness (QED) is 0.672. The van der Waals surface area contributed by atoms with Crippen molar-refractivity contribution < 1.29 is 8.42 Å². The number of nitrogens with one attached hydrogen (secondary N) is 1. The summed E-state index contributed by atoms with van der Waals surface area (Å²) in [6.45, 7) is 4.15. The van der Waals surface area contributed by atoms with Crippen LogP contribution in [0, 0.1) is 13.8 Å². The third kappa shape index (κ3) is 4.69. The average Bonchev–Trinajstić information content (AvgIpc) is 3.25. The van der Waals surface area contributed by atoms with Crippen molar-refractivity contribution in [2.75, 3.05) is 6.54 Å². The lowest BCUT2D eigenvalue weighted by Crippen LogP contribution is -2.30. The van der Waals surface area contributed by atoms with Gasteiger partial charge in [0.05, 0.1) is 11.7 Å². The maximum absolute atomic E-state index is 12.4. The smallest absolute Gasteiger partial charge is 0.233 e. The second kappa shape index (κ2) is 7.99. The maximum atomic E-state index is 12.4. The summed E-state index contributed by atoms with van der Waals surface area (Å²) < 4.78 is 29.3. The summed E-state index contributed by atoms with van der Waals surface area (Å²) >= 11 is 1.59. The number of hydrogen-bond donors (Lipinski definition) is 1. The van der Waals surface area contributed by atoms with Crippen molar-refractivity contribution >= 4 is 27.4 Å². The third-order valence-corrected chi connectivity index (χ3v) is 5.97. The van der Waals surface area contributed by atoms with Crippen LogP contribution in [0.3, 0.4) is 0 Å². The summed E-state index contributed by atoms with van der Waals surface area (Å²) in [7, 11) is -3.55. The third-order valence-electron chi connectivity index (χ3n) is 3.93. The van der Waals surface area contributed by atoms with Crippen LogP contribution in [0.1, 0.15) is 27.9 Å². The first-order valence-corrected chi connectivity index (χ1v) is 10.7. The molecule has 0 spiro atoms. The SMILES string of the molecule is Cc1cc(C)n(C(CNS(=O)(=O)/C=C/c2ccccc2)c2cccs2)n1. The fraction of sp³-hybridized carbons (Fsp3) is 0.211. The molecule has 2 heterocycles. The predicted molar refractivity (Wildman–Crippen MR) is 107 cm³/mol. The molecule has 1 unspecified atom stereocenters. The second-order valence-corrected chi connectivity index (χ2v) is 8.64. The molecule has 2 aromatic heterocycles. The molecule has 0 radical (unpaired) electrons. The van der Waals surface area contributed by atoms with Gasteiger partial charge in [-0.15, -0.1) is 11.3 Å². The number of rotatable bonds is 7. The lowest BCUT2D eigenvalue weighted by atomic mass is 10.2. The van der Waals surface area contributed by atoms with E-state index in [1.165, 1.54) is 5.41 Å². The zero-order valence-electron chi connectivity index (χ0n) is 14.7. The monoisotopic (exact) mass is 387 g/mol. The molecule has 136 valence electrons. The molecule has 0 amide bonds. The van der Waals surface area contributed by atoms with Crippen molar-refractivity contribution in [3.8, 4) is 0 Å². The highest BCUT2D eigenvalue weighted by Gasteiger charge is 2.20. The summed E-state index contributed by atoms with van der Waals surface area (Å²) in [5, 5.41) is 7.72. The lowest BCUT2D eigenvalue weighted by molar-refractivity contribution is 0.502. The lowest BCUT2D eigenvalue weighted by Gasteiger charge is -2.18. The molecule has 3 aromatic rings. The van der Waals surface area contributed by atoms with Crippen molar-refractivity contribution in [1.82, 2.24) is 14.5 Å². The van der Waals surface area contributed by atoms with Gasteiger partial charge in [0.2, 0.25) is 10.0 Å². The van der Waals surface area contributed by atoms with Gasteiger partial charge in [0.1, 0.15) is 0 Å². The second-order valence-electron chi connectivity index (χ2n) is 6.01. The molecule has 0 aliphatic rings. The van der Waals surface area contributed by atoms with Crippen LogP contribution in [-0.4, -0.2) is 24.7 Å². The van der Waals surface area contributed by atoms with Crippen molar-refractivity contribution in [3.05, 3.63) is 81.1 Å². The minimum atomic E-state index is -3.55. The fourth-order valence-electron chi connectivity index (χ4n) is 2.73. The average molecular weight is 388 g/mol. The Kier molecular flexibility index (Phi) is 5.70. The molecule has 3 rings (SSSR count). The van der Waals surface area contributed by atoms with Gasteiger partial charge in [-0.3, -0.25) is 4.68 Å². The standard InChI is InChI=1S/C19H21N3O2S2/c1-15-13-16(2)22(21-15)18(19-9-6-11-25-19)14-20-26(23,24)12-10-17-7-4-3-5-8-17/h3-13,18,20H,14H2,1-2H3/b12-10+. The number of thiophene rings is 1. The molecule has 1 atom stereocenters. The molecular formula is C19H21N3O2S2. The Morgan fingerprint density at radius 2 is 1.96 bits per heavy atom. The molecule has 0 aliphatic carbocycles. The summed E-state index contributed by atoms with van der Waals surface area (Å²) in [6.07, 6.45) is 1.59. The summed E-state index contributed by atoms with van der Waals surface area (Å²) in [5.41, 5.74) is 2.75. The normalized spacial score (nSPS) is 13.3. The number of aromatic nitrogens is 2. The van der Waals surface area contributed by atoms with Crippen LogP contribution in [0.25, 0.3) is 6.08 Å². The Morgan fingerprint density at radius 1 is 1.19 bits per heavy atom. The van der Waals surface area contributed by atoms with Gasteiger partial charge >= 0.3 is 0 Å². The Bertz CT molecular complexity index is 975. The minimum absolute atomic E-state index is 0.177. The zero-order valence-corrected chi connectivity index (χ0v) is 16.3. The highest BCUT2D eigenvalue weighted by Crippen LogP contribution is 2.24. The van der Waals surface area contributed by atoms with E-state index in [1.807, 2.05) is 72.4 Å². The summed E-state index contributed by atoms with van der Waals surface area (Å²) in [4.78, 5) is 1.06. The first kappa shape index (κ1) is 18.6. The van der Waals surface area contributed by atoms with Crippen molar-refractivity contribution in [2.45, 2.75) is 19.9 Å². The van der Waals surface area contributed by atoms with Gasteiger partial charge in [-0.2, -0.15) is 5.10 Å². The van der Waals surface area contributed by atoms with Crippen LogP contribution in [0.2, 0.25) is 0 Å². The van der Waals surface area contributed by atoms with Gasteiger partial charge < -0.3 is 0 Å². The van der Waals surface area contributed by atoms with E-state index in [0.717, 1.165) is 21.8 Å². The van der Waals surface area contributed by atoms with Gasteiger partial charge in [0.25, 0.3) is 0 Å². The molecule has 0 bridgehead atoms. The Balaban J connectivity index is 1.77. The van der Waals surface area contributed by atoms with Gasteiger partial charge in [0.15, 0.2) is 0 Å². The largest absolute Gasteiger partial charge is 0.260 e. The minimum Gasteiger partial charge on any atom is -0.260 e. The van der Waals surface area contributed by atoms with Crippen LogP contribution < -0.4 is 4.72 Å². The van der Waals surface area contributed by atoms with E-state index in [-0.39, 0.29) is 12.6 Å². The number of benzene rings is 1. The zero-order chi connectivity index (χ0) is 18.6. The number of aryl methyl sites for hydroxylation is 2. The molecular weight excluding hydrogens is 366 g/mol. The highest BCUT2D eigenvalue weighted by atomic mass is 32.2. The molecule has 0 saturated carbocycles. The summed E-state index contributed by atoms with van der Waals surface area (Å²) in [6, 6.07) is 15.1. The van der Waals surface area contributed by atoms with E-state index in [0.29, 0.717) is 0 Å². The fourth-order valence-corrected chi connectivity index (χ4v) is 4.36. The predicted octanol–water partition coefficient (Wildman–Crippen LogP) is 3.74. The van der Waals surface area contributed by atoms with Crippen LogP contribution in [0.5, 0.6) is 0 Å². The highest BCUT2D eigenvalue weighted by molar-refractivity contribution is 7.92. The topological polar surface area (TPSA) is 64.0 Å². The van der Waals surface area contributed by atoms with E-state index in [9.17, 15) is 8.42 Å². The van der Waals surface area contributed by atoms with Gasteiger partial charge in [-0.1, -0.05) is 36.4 Å². The summed E-state index contributed by atoms with van der Waals surface area (Å²) in [5.74, 6) is 0. The van der Waals surface area contributed by atoms with E-state index in [1.54, 1.807) is 17.4 Å². The van der Waals surface area contributed by atoms with Gasteiger partial charge in [0, 0.05) is 22.5 Å². The Hall–Kier alpha value is -2.22. The van der Waals surface area contributed by atoms with Crippen LogP contribution in [0.15, 0.2) is 59.3 Å². The number of hydrogen-bond acceptors (Lipinski definition) is 4. The number of sulfonamides is 1. The molecule has 1 aromatic carbocycles. The van der Waals surface area contributed by atoms with E-state index < -0.39 is 10.0 Å². The Morgan fingerprint density at radius 3 is 2.58 bits per heavy atom. The van der Waals surface area contributed by atoms with E-state index in [4.69, 9.17) is 0 Å². The first-order chi connectivity index (χ1) is 12.4. The van der Waals surface area contributed by atoms with Crippen molar-refractivity contribution in [1.29, 1.82) is 0 Å². The maximum Gasteiger partial charge on any atom is 0.233 e. The molecule has 5 nitrogen and oxygen atoms in total. The van der Waals surface area contributed by atoms with Crippen molar-refractivity contribution in [2.24, 2.45) is 0 Å². The van der Waals surface area contributed by atoms with Gasteiger partial charge in [-0.05, 0) is 43.0 Å². The van der Waals surface area contributed by atoms with Crippen molar-refractivity contribution in [3.63, 3.8) is 0 Å². The molecule has 0 saturated heterocycles. The van der Waals surface area contributed by atoms with Crippen LogP contribution >= 0.6 is 11.3 Å². The molecule has 26 heavy (non-hydrogen) atoms. The molecule has 0 aliphatic heterocycles. The molecule has 7 heteroatoms. The van der Waals surface area contributed by atoms with E-state index >= 15 is 0 Å². The first-order valence-electron chi connectivity index (χ1n) is 8.23. The molecule has 1 N–H and O–H groups in total. The van der Waals surface area contributed by atoms with Gasteiger partial charge in [-0.25, -0.2) is 13.1 Å². The Labute approximate surface area is 158 Å². The number of nitrogens with zero attached hydrogens (tertiary/aromatic N) is 2. The van der Waals surface area contributed by atoms with E-state index in [2.05, 4.69) is 9.82 Å². The van der Waals surface area contributed by atoms with Crippen LogP contribution in [0.4, 0.5) is 0 Å². The molecule has 0 fully saturated rings.